The fraction of sp³-hybridized carbons (Fsp3) is 0.667. The predicted molar refractivity (Wildman–Crippen MR) is 65.3 cm³/mol. The summed E-state index contributed by atoms with van der Waals surface area (Å²) in [5, 5.41) is 7.28. The van der Waals surface area contributed by atoms with Gasteiger partial charge in [-0.3, -0.25) is 9.48 Å². The first kappa shape index (κ1) is 12.1. The maximum absolute atomic E-state index is 11.8. The molecule has 2 atom stereocenters. The van der Waals surface area contributed by atoms with Crippen LogP contribution in [-0.2, 0) is 18.3 Å². The molecule has 2 unspecified atom stereocenters. The van der Waals surface area contributed by atoms with Crippen molar-refractivity contribution in [3.63, 3.8) is 0 Å². The summed E-state index contributed by atoms with van der Waals surface area (Å²) in [5.41, 5.74) is 8.10. The minimum absolute atomic E-state index is 0.0609. The van der Waals surface area contributed by atoms with Gasteiger partial charge in [0.25, 0.3) is 0 Å². The Balaban J connectivity index is 2.11. The average molecular weight is 236 g/mol. The normalized spacial score (nSPS) is 20.8. The van der Waals surface area contributed by atoms with Gasteiger partial charge in [0.05, 0.1) is 18.3 Å². The Labute approximate surface area is 101 Å². The summed E-state index contributed by atoms with van der Waals surface area (Å²) in [6.07, 6.45) is 5.62. The lowest BCUT2D eigenvalue weighted by molar-refractivity contribution is -0.123. The fourth-order valence-electron chi connectivity index (χ4n) is 2.32. The number of carbonyl (C=O) groups is 1. The second-order valence-corrected chi connectivity index (χ2v) is 4.64. The molecular formula is C12H20N4O. The van der Waals surface area contributed by atoms with Crippen LogP contribution in [0.15, 0.2) is 6.20 Å². The van der Waals surface area contributed by atoms with Gasteiger partial charge < -0.3 is 11.1 Å². The van der Waals surface area contributed by atoms with Gasteiger partial charge in [0, 0.05) is 18.3 Å². The number of nitrogens with one attached hydrogen (secondary N) is 1. The summed E-state index contributed by atoms with van der Waals surface area (Å²) < 4.78 is 1.90. The monoisotopic (exact) mass is 236 g/mol. The van der Waals surface area contributed by atoms with E-state index in [-0.39, 0.29) is 11.9 Å². The smallest absolute Gasteiger partial charge is 0.237 e. The van der Waals surface area contributed by atoms with Crippen molar-refractivity contribution in [1.82, 2.24) is 15.1 Å². The van der Waals surface area contributed by atoms with Gasteiger partial charge in [-0.2, -0.15) is 5.10 Å². The number of aromatic nitrogens is 2. The summed E-state index contributed by atoms with van der Waals surface area (Å²) in [5.74, 6) is -0.0609. The van der Waals surface area contributed by atoms with E-state index in [4.69, 9.17) is 5.73 Å². The SMILES string of the molecule is CCC(N)C(=O)NC1CCCc2c1cnn2C. The lowest BCUT2D eigenvalue weighted by atomic mass is 9.92. The average Bonchev–Trinajstić information content (AvgIpc) is 2.71. The van der Waals surface area contributed by atoms with Gasteiger partial charge in [-0.05, 0) is 25.7 Å². The third kappa shape index (κ3) is 2.34. The van der Waals surface area contributed by atoms with Crippen molar-refractivity contribution >= 4 is 5.91 Å². The molecule has 2 rings (SSSR count). The molecule has 0 radical (unpaired) electrons. The molecule has 1 amide bonds. The van der Waals surface area contributed by atoms with Crippen molar-refractivity contribution in [2.45, 2.75) is 44.7 Å². The van der Waals surface area contributed by atoms with E-state index in [9.17, 15) is 4.79 Å². The fourth-order valence-corrected chi connectivity index (χ4v) is 2.32. The molecule has 17 heavy (non-hydrogen) atoms. The number of amides is 1. The van der Waals surface area contributed by atoms with Gasteiger partial charge in [-0.15, -0.1) is 0 Å². The Morgan fingerprint density at radius 3 is 3.24 bits per heavy atom. The maximum Gasteiger partial charge on any atom is 0.237 e. The Hall–Kier alpha value is -1.36. The van der Waals surface area contributed by atoms with Gasteiger partial charge in [-0.25, -0.2) is 0 Å². The van der Waals surface area contributed by atoms with Crippen molar-refractivity contribution in [2.75, 3.05) is 0 Å². The van der Waals surface area contributed by atoms with E-state index < -0.39 is 6.04 Å². The lowest BCUT2D eigenvalue weighted by Gasteiger charge is -2.25. The molecule has 0 fully saturated rings. The van der Waals surface area contributed by atoms with Crippen LogP contribution in [-0.4, -0.2) is 21.7 Å². The van der Waals surface area contributed by atoms with Gasteiger partial charge >= 0.3 is 0 Å². The molecule has 1 aromatic rings. The van der Waals surface area contributed by atoms with Gasteiger partial charge in [0.1, 0.15) is 0 Å². The summed E-state index contributed by atoms with van der Waals surface area (Å²) in [7, 11) is 1.95. The number of hydrogen-bond acceptors (Lipinski definition) is 3. The molecule has 5 heteroatoms. The predicted octanol–water partition coefficient (Wildman–Crippen LogP) is 0.651. The Morgan fingerprint density at radius 2 is 2.53 bits per heavy atom. The number of rotatable bonds is 3. The van der Waals surface area contributed by atoms with Gasteiger partial charge in [-0.1, -0.05) is 6.92 Å². The summed E-state index contributed by atoms with van der Waals surface area (Å²) in [4.78, 5) is 11.8. The largest absolute Gasteiger partial charge is 0.348 e. The topological polar surface area (TPSA) is 72.9 Å². The molecule has 0 aliphatic heterocycles. The van der Waals surface area contributed by atoms with Crippen LogP contribution in [0, 0.1) is 0 Å². The first-order chi connectivity index (χ1) is 8.13. The van der Waals surface area contributed by atoms with E-state index >= 15 is 0 Å². The van der Waals surface area contributed by atoms with Crippen LogP contribution in [0.2, 0.25) is 0 Å². The van der Waals surface area contributed by atoms with Gasteiger partial charge in [0.2, 0.25) is 5.91 Å². The van der Waals surface area contributed by atoms with Crippen LogP contribution < -0.4 is 11.1 Å². The number of hydrogen-bond donors (Lipinski definition) is 2. The van der Waals surface area contributed by atoms with E-state index in [0.29, 0.717) is 6.42 Å². The molecule has 1 heterocycles. The van der Waals surface area contributed by atoms with Crippen LogP contribution in [0.5, 0.6) is 0 Å². The second kappa shape index (κ2) is 4.87. The molecule has 0 saturated heterocycles. The highest BCUT2D eigenvalue weighted by Gasteiger charge is 2.25. The second-order valence-electron chi connectivity index (χ2n) is 4.64. The Morgan fingerprint density at radius 1 is 1.76 bits per heavy atom. The van der Waals surface area contributed by atoms with E-state index in [1.807, 2.05) is 24.9 Å². The third-order valence-electron chi connectivity index (χ3n) is 3.47. The Kier molecular flexibility index (Phi) is 3.47. The molecule has 0 aromatic carbocycles. The highest BCUT2D eigenvalue weighted by molar-refractivity contribution is 5.81. The number of aryl methyl sites for hydroxylation is 1. The van der Waals surface area contributed by atoms with E-state index in [2.05, 4.69) is 10.4 Å². The molecule has 1 aromatic heterocycles. The van der Waals surface area contributed by atoms with Crippen molar-refractivity contribution in [3.8, 4) is 0 Å². The number of nitrogens with zero attached hydrogens (tertiary/aromatic N) is 2. The van der Waals surface area contributed by atoms with E-state index in [0.717, 1.165) is 24.8 Å². The summed E-state index contributed by atoms with van der Waals surface area (Å²) in [6.45, 7) is 1.92. The molecule has 94 valence electrons. The zero-order chi connectivity index (χ0) is 12.4. The minimum Gasteiger partial charge on any atom is -0.348 e. The van der Waals surface area contributed by atoms with Gasteiger partial charge in [0.15, 0.2) is 0 Å². The molecule has 1 aliphatic rings. The standard InChI is InChI=1S/C12H20N4O/c1-3-9(13)12(17)15-10-5-4-6-11-8(10)7-14-16(11)2/h7,9-10H,3-6,13H2,1-2H3,(H,15,17). The van der Waals surface area contributed by atoms with Crippen LogP contribution in [0.4, 0.5) is 0 Å². The molecule has 0 bridgehead atoms. The van der Waals surface area contributed by atoms with Crippen LogP contribution in [0.25, 0.3) is 0 Å². The number of carbonyl (C=O) groups excluding carboxylic acids is 1. The number of fused-ring (bicyclic) bond motifs is 1. The third-order valence-corrected chi connectivity index (χ3v) is 3.47. The lowest BCUT2D eigenvalue weighted by Crippen LogP contribution is -2.42. The minimum atomic E-state index is -0.406. The summed E-state index contributed by atoms with van der Waals surface area (Å²) >= 11 is 0. The quantitative estimate of drug-likeness (QED) is 0.809. The van der Waals surface area contributed by atoms with Crippen molar-refractivity contribution in [3.05, 3.63) is 17.5 Å². The van der Waals surface area contributed by atoms with Crippen LogP contribution in [0.3, 0.4) is 0 Å². The molecule has 5 nitrogen and oxygen atoms in total. The van der Waals surface area contributed by atoms with Crippen LogP contribution >= 0.6 is 0 Å². The first-order valence-corrected chi connectivity index (χ1v) is 6.20. The molecule has 0 spiro atoms. The van der Waals surface area contributed by atoms with E-state index in [1.54, 1.807) is 0 Å². The zero-order valence-electron chi connectivity index (χ0n) is 10.4. The maximum atomic E-state index is 11.8. The zero-order valence-corrected chi connectivity index (χ0v) is 10.4. The molecule has 3 N–H and O–H groups in total. The van der Waals surface area contributed by atoms with Crippen LogP contribution in [0.1, 0.15) is 43.5 Å². The molecule has 0 saturated carbocycles. The van der Waals surface area contributed by atoms with Crippen molar-refractivity contribution in [1.29, 1.82) is 0 Å². The molecular weight excluding hydrogens is 216 g/mol. The van der Waals surface area contributed by atoms with Crippen molar-refractivity contribution < 1.29 is 4.79 Å². The summed E-state index contributed by atoms with van der Waals surface area (Å²) in [6, 6.07) is -0.324. The Bertz CT molecular complexity index is 413. The number of nitrogens with two attached hydrogens (primary N) is 1. The van der Waals surface area contributed by atoms with E-state index in [1.165, 1.54) is 5.69 Å². The highest BCUT2D eigenvalue weighted by Crippen LogP contribution is 2.29. The van der Waals surface area contributed by atoms with Crippen molar-refractivity contribution in [2.24, 2.45) is 12.8 Å². The molecule has 1 aliphatic carbocycles. The first-order valence-electron chi connectivity index (χ1n) is 6.20. The highest BCUT2D eigenvalue weighted by atomic mass is 16.2.